The zero-order valence-electron chi connectivity index (χ0n) is 33.5. The Morgan fingerprint density at radius 2 is 0.593 bits per heavy atom. The highest BCUT2D eigenvalue weighted by molar-refractivity contribution is 5.74. The van der Waals surface area contributed by atoms with Crippen LogP contribution in [-0.4, -0.2) is 158 Å². The van der Waals surface area contributed by atoms with Crippen LogP contribution in [0.15, 0.2) is 24.3 Å². The average Bonchev–Trinajstić information content (AvgIpc) is 3.19. The summed E-state index contributed by atoms with van der Waals surface area (Å²) >= 11 is 0. The Hall–Kier alpha value is -1.75. The van der Waals surface area contributed by atoms with Gasteiger partial charge in [-0.15, -0.1) is 0 Å². The van der Waals surface area contributed by atoms with Crippen LogP contribution in [0, 0.1) is 0 Å². The van der Waals surface area contributed by atoms with Crippen molar-refractivity contribution in [2.45, 2.75) is 71.1 Å². The maximum atomic E-state index is 10.7. The summed E-state index contributed by atoms with van der Waals surface area (Å²) < 4.78 is 66.3. The zero-order chi connectivity index (χ0) is 38.5. The number of rotatable bonds is 46. The Morgan fingerprint density at radius 1 is 0.333 bits per heavy atom. The summed E-state index contributed by atoms with van der Waals surface area (Å²) in [6.45, 7) is 14.5. The van der Waals surface area contributed by atoms with Crippen LogP contribution in [-0.2, 0) is 52.1 Å². The molecular weight excluding hydrogens is 700 g/mol. The van der Waals surface area contributed by atoms with Crippen molar-refractivity contribution in [2.24, 2.45) is 0 Å². The van der Waals surface area contributed by atoms with Gasteiger partial charge in [-0.25, -0.2) is 0 Å². The van der Waals surface area contributed by atoms with Crippen molar-refractivity contribution in [1.82, 2.24) is 0 Å². The van der Waals surface area contributed by atoms with Crippen LogP contribution in [0.25, 0.3) is 0 Å². The van der Waals surface area contributed by atoms with Crippen molar-refractivity contribution < 1.29 is 61.6 Å². The fourth-order valence-electron chi connectivity index (χ4n) is 4.85. The number of ether oxygens (including phenoxy) is 12. The first-order valence-corrected chi connectivity index (χ1v) is 20.4. The summed E-state index contributed by atoms with van der Waals surface area (Å²) in [5, 5.41) is 0. The summed E-state index contributed by atoms with van der Waals surface area (Å²) in [6.07, 6.45) is 14.2. The number of carbonyl (C=O) groups excluding carboxylic acids is 1. The lowest BCUT2D eigenvalue weighted by Gasteiger charge is -2.09. The number of hydrogen-bond donors (Lipinski definition) is 0. The fourth-order valence-corrected chi connectivity index (χ4v) is 4.85. The van der Waals surface area contributed by atoms with Gasteiger partial charge in [0, 0.05) is 12.2 Å². The van der Waals surface area contributed by atoms with Crippen molar-refractivity contribution in [3.05, 3.63) is 29.8 Å². The highest BCUT2D eigenvalue weighted by atomic mass is 16.6. The number of carbonyl (C=O) groups is 1. The molecule has 0 saturated carbocycles. The standard InChI is InChI=1S/C41H74O13/c1-2-3-4-5-6-7-8-9-10-11-16-43-17-18-44-19-20-45-21-22-46-23-24-47-25-26-48-27-28-49-29-30-50-31-32-51-33-34-52-35-36-53-37-38-54-41-14-12-40(39-42)13-15-41/h12-15,39H,2-11,16-38H2,1H3. The van der Waals surface area contributed by atoms with Gasteiger partial charge in [-0.1, -0.05) is 64.7 Å². The minimum Gasteiger partial charge on any atom is -0.491 e. The van der Waals surface area contributed by atoms with E-state index in [9.17, 15) is 4.79 Å². The molecule has 54 heavy (non-hydrogen) atoms. The lowest BCUT2D eigenvalue weighted by Crippen LogP contribution is -2.15. The van der Waals surface area contributed by atoms with Gasteiger partial charge in [0.25, 0.3) is 0 Å². The summed E-state index contributed by atoms with van der Waals surface area (Å²) in [6, 6.07) is 6.95. The van der Waals surface area contributed by atoms with Gasteiger partial charge in [-0.05, 0) is 30.7 Å². The quantitative estimate of drug-likeness (QED) is 0.0570. The third-order valence-electron chi connectivity index (χ3n) is 7.87. The van der Waals surface area contributed by atoms with Crippen LogP contribution in [0.2, 0.25) is 0 Å². The van der Waals surface area contributed by atoms with Gasteiger partial charge < -0.3 is 56.8 Å². The van der Waals surface area contributed by atoms with Crippen molar-refractivity contribution in [3.8, 4) is 5.75 Å². The largest absolute Gasteiger partial charge is 0.491 e. The van der Waals surface area contributed by atoms with Gasteiger partial charge in [0.2, 0.25) is 0 Å². The Balaban J connectivity index is 1.61. The highest BCUT2D eigenvalue weighted by Gasteiger charge is 1.99. The lowest BCUT2D eigenvalue weighted by atomic mass is 10.1. The second kappa shape index (κ2) is 44.0. The van der Waals surface area contributed by atoms with E-state index in [0.717, 1.165) is 19.3 Å². The number of aldehydes is 1. The molecule has 0 amide bonds. The number of unbranched alkanes of at least 4 members (excludes halogenated alkanes) is 9. The van der Waals surface area contributed by atoms with Gasteiger partial charge in [0.1, 0.15) is 18.6 Å². The van der Waals surface area contributed by atoms with E-state index >= 15 is 0 Å². The van der Waals surface area contributed by atoms with Gasteiger partial charge in [-0.2, -0.15) is 0 Å². The van der Waals surface area contributed by atoms with Crippen LogP contribution >= 0.6 is 0 Å². The second-order valence-electron chi connectivity index (χ2n) is 12.5. The Morgan fingerprint density at radius 3 is 0.889 bits per heavy atom. The monoisotopic (exact) mass is 775 g/mol. The maximum Gasteiger partial charge on any atom is 0.150 e. The predicted octanol–water partition coefficient (Wildman–Crippen LogP) is 5.98. The molecule has 0 radical (unpaired) electrons. The summed E-state index contributed by atoms with van der Waals surface area (Å²) in [4.78, 5) is 10.7. The van der Waals surface area contributed by atoms with Crippen LogP contribution in [0.3, 0.4) is 0 Å². The molecule has 0 atom stereocenters. The first-order chi connectivity index (χ1) is 26.9. The van der Waals surface area contributed by atoms with E-state index in [1.165, 1.54) is 57.8 Å². The Labute approximate surface area is 326 Å². The molecule has 0 aliphatic carbocycles. The predicted molar refractivity (Wildman–Crippen MR) is 208 cm³/mol. The smallest absolute Gasteiger partial charge is 0.150 e. The van der Waals surface area contributed by atoms with E-state index in [2.05, 4.69) is 6.92 Å². The molecule has 1 rings (SSSR count). The molecule has 0 aliphatic heterocycles. The van der Waals surface area contributed by atoms with Gasteiger partial charge in [0.15, 0.2) is 0 Å². The average molecular weight is 775 g/mol. The van der Waals surface area contributed by atoms with Gasteiger partial charge in [0.05, 0.1) is 139 Å². The first-order valence-electron chi connectivity index (χ1n) is 20.4. The van der Waals surface area contributed by atoms with Crippen molar-refractivity contribution >= 4 is 6.29 Å². The van der Waals surface area contributed by atoms with E-state index in [1.807, 2.05) is 0 Å². The molecule has 0 fully saturated rings. The third-order valence-corrected chi connectivity index (χ3v) is 7.87. The molecule has 13 nitrogen and oxygen atoms in total. The summed E-state index contributed by atoms with van der Waals surface area (Å²) in [5.41, 5.74) is 0.619. The van der Waals surface area contributed by atoms with Crippen molar-refractivity contribution in [1.29, 1.82) is 0 Å². The molecule has 0 aliphatic rings. The molecule has 0 spiro atoms. The molecule has 0 aromatic heterocycles. The summed E-state index contributed by atoms with van der Waals surface area (Å²) in [5.74, 6) is 0.706. The topological polar surface area (TPSA) is 128 Å². The van der Waals surface area contributed by atoms with E-state index in [-0.39, 0.29) is 0 Å². The zero-order valence-corrected chi connectivity index (χ0v) is 33.5. The van der Waals surface area contributed by atoms with Gasteiger partial charge in [-0.3, -0.25) is 4.79 Å². The van der Waals surface area contributed by atoms with Gasteiger partial charge >= 0.3 is 0 Å². The SMILES string of the molecule is CCCCCCCCCCCCOCCOCCOCCOCCOCCOCCOCCOCCOCCOCCOCCOc1ccc(C=O)cc1. The van der Waals surface area contributed by atoms with E-state index < -0.39 is 0 Å². The minimum atomic E-state index is 0.432. The highest BCUT2D eigenvalue weighted by Crippen LogP contribution is 2.11. The molecule has 0 N–H and O–H groups in total. The Bertz CT molecular complexity index is 862. The van der Waals surface area contributed by atoms with Crippen LogP contribution in [0.5, 0.6) is 5.75 Å². The lowest BCUT2D eigenvalue weighted by molar-refractivity contribution is -0.0277. The first kappa shape index (κ1) is 50.3. The molecular formula is C41H74O13. The molecule has 0 saturated heterocycles. The molecule has 1 aromatic rings. The van der Waals surface area contributed by atoms with Crippen LogP contribution in [0.4, 0.5) is 0 Å². The molecule has 0 heterocycles. The Kier molecular flexibility index (Phi) is 40.9. The van der Waals surface area contributed by atoms with E-state index in [1.54, 1.807) is 24.3 Å². The van der Waals surface area contributed by atoms with E-state index in [0.29, 0.717) is 157 Å². The van der Waals surface area contributed by atoms with Crippen LogP contribution in [0.1, 0.15) is 81.5 Å². The summed E-state index contributed by atoms with van der Waals surface area (Å²) in [7, 11) is 0. The molecule has 0 unspecified atom stereocenters. The maximum absolute atomic E-state index is 10.7. The molecule has 0 bridgehead atoms. The third kappa shape index (κ3) is 38.5. The van der Waals surface area contributed by atoms with Crippen LogP contribution < -0.4 is 4.74 Å². The molecule has 1 aromatic carbocycles. The van der Waals surface area contributed by atoms with Crippen molar-refractivity contribution in [2.75, 3.05) is 152 Å². The minimum absolute atomic E-state index is 0.432. The molecule has 13 heteroatoms. The number of hydrogen-bond acceptors (Lipinski definition) is 13. The number of benzene rings is 1. The second-order valence-corrected chi connectivity index (χ2v) is 12.5. The fraction of sp³-hybridized carbons (Fsp3) is 0.829. The normalized spacial score (nSPS) is 11.4. The molecule has 316 valence electrons. The van der Waals surface area contributed by atoms with Crippen molar-refractivity contribution in [3.63, 3.8) is 0 Å². The van der Waals surface area contributed by atoms with E-state index in [4.69, 9.17) is 56.8 Å².